The summed E-state index contributed by atoms with van der Waals surface area (Å²) in [6.45, 7) is 2.08. The zero-order valence-corrected chi connectivity index (χ0v) is 18.7. The number of fused-ring (bicyclic) bond motifs is 1. The number of hydrogen-bond donors (Lipinski definition) is 1. The van der Waals surface area contributed by atoms with E-state index in [2.05, 4.69) is 21.2 Å². The van der Waals surface area contributed by atoms with Crippen LogP contribution in [0.2, 0.25) is 0 Å². The van der Waals surface area contributed by atoms with Gasteiger partial charge < -0.3 is 14.8 Å². The van der Waals surface area contributed by atoms with E-state index < -0.39 is 30.3 Å². The summed E-state index contributed by atoms with van der Waals surface area (Å²) < 4.78 is 10.7. The summed E-state index contributed by atoms with van der Waals surface area (Å²) >= 11 is 3.36. The lowest BCUT2D eigenvalue weighted by molar-refractivity contribution is -0.119. The van der Waals surface area contributed by atoms with E-state index >= 15 is 0 Å². The first kappa shape index (κ1) is 22.6. The summed E-state index contributed by atoms with van der Waals surface area (Å²) in [5, 5.41) is 2.65. The van der Waals surface area contributed by atoms with Crippen LogP contribution < -0.4 is 5.32 Å². The van der Waals surface area contributed by atoms with Gasteiger partial charge in [-0.25, -0.2) is 4.79 Å². The molecule has 1 N–H and O–H groups in total. The molecule has 0 saturated carbocycles. The molecule has 1 aliphatic heterocycles. The molecule has 0 aromatic heterocycles. The number of carbonyl (C=O) groups is 4. The smallest absolute Gasteiger partial charge is 0.338 e. The third kappa shape index (κ3) is 5.18. The number of benzene rings is 2. The van der Waals surface area contributed by atoms with Crippen LogP contribution in [0.25, 0.3) is 0 Å². The van der Waals surface area contributed by atoms with Gasteiger partial charge in [0.2, 0.25) is 0 Å². The van der Waals surface area contributed by atoms with Crippen molar-refractivity contribution in [2.24, 2.45) is 0 Å². The number of amides is 3. The molecule has 0 aliphatic carbocycles. The molecule has 2 aromatic carbocycles. The first-order valence-corrected chi connectivity index (χ1v) is 10.3. The number of imide groups is 1. The summed E-state index contributed by atoms with van der Waals surface area (Å²) in [7, 11) is 1.54. The summed E-state index contributed by atoms with van der Waals surface area (Å²) in [5.41, 5.74) is 2.05. The van der Waals surface area contributed by atoms with Crippen LogP contribution in [0.1, 0.15) is 43.1 Å². The van der Waals surface area contributed by atoms with Gasteiger partial charge in [-0.05, 0) is 65.2 Å². The van der Waals surface area contributed by atoms with Crippen molar-refractivity contribution in [3.63, 3.8) is 0 Å². The zero-order valence-electron chi connectivity index (χ0n) is 17.1. The number of carbonyl (C=O) groups excluding carboxylic acids is 4. The van der Waals surface area contributed by atoms with Crippen LogP contribution in [0, 0.1) is 6.92 Å². The van der Waals surface area contributed by atoms with Crippen LogP contribution in [-0.4, -0.2) is 55.5 Å². The minimum atomic E-state index is -0.765. The molecule has 9 heteroatoms. The lowest BCUT2D eigenvalue weighted by atomic mass is 10.1. The van der Waals surface area contributed by atoms with Gasteiger partial charge in [-0.1, -0.05) is 6.07 Å². The number of nitrogens with one attached hydrogen (secondary N) is 1. The van der Waals surface area contributed by atoms with E-state index in [0.29, 0.717) is 23.2 Å². The highest BCUT2D eigenvalue weighted by Crippen LogP contribution is 2.25. The molecule has 0 atom stereocenters. The fraction of sp³-hybridized carbons (Fsp3) is 0.273. The molecule has 0 radical (unpaired) electrons. The molecule has 0 unspecified atom stereocenters. The molecule has 8 nitrogen and oxygen atoms in total. The number of nitrogens with zero attached hydrogens (tertiary/aromatic N) is 1. The average molecular weight is 489 g/mol. The van der Waals surface area contributed by atoms with E-state index in [-0.39, 0.29) is 23.2 Å². The van der Waals surface area contributed by atoms with Crippen molar-refractivity contribution in [3.8, 4) is 0 Å². The second-order valence-corrected chi connectivity index (χ2v) is 7.83. The summed E-state index contributed by atoms with van der Waals surface area (Å²) in [4.78, 5) is 50.6. The molecule has 0 bridgehead atoms. The van der Waals surface area contributed by atoms with Crippen molar-refractivity contribution in [3.05, 3.63) is 63.1 Å². The second kappa shape index (κ2) is 9.84. The van der Waals surface area contributed by atoms with Crippen LogP contribution in [0.5, 0.6) is 0 Å². The van der Waals surface area contributed by atoms with Gasteiger partial charge in [-0.15, -0.1) is 0 Å². The van der Waals surface area contributed by atoms with Crippen molar-refractivity contribution < 1.29 is 28.7 Å². The summed E-state index contributed by atoms with van der Waals surface area (Å²) in [6.07, 6.45) is 0.517. The molecule has 2 aromatic rings. The Bertz CT molecular complexity index is 1050. The fourth-order valence-electron chi connectivity index (χ4n) is 3.11. The lowest BCUT2D eigenvalue weighted by Gasteiger charge is -2.12. The second-order valence-electron chi connectivity index (χ2n) is 6.98. The van der Waals surface area contributed by atoms with Gasteiger partial charge >= 0.3 is 5.97 Å². The Morgan fingerprint density at radius 2 is 1.81 bits per heavy atom. The minimum absolute atomic E-state index is 0.0861. The Hall–Kier alpha value is -3.04. The van der Waals surface area contributed by atoms with E-state index in [9.17, 15) is 19.2 Å². The number of methoxy groups -OCH3 is 1. The predicted molar refractivity (Wildman–Crippen MR) is 116 cm³/mol. The van der Waals surface area contributed by atoms with Crippen molar-refractivity contribution in [1.29, 1.82) is 0 Å². The monoisotopic (exact) mass is 488 g/mol. The van der Waals surface area contributed by atoms with Crippen molar-refractivity contribution in [2.75, 3.05) is 32.2 Å². The first-order chi connectivity index (χ1) is 14.8. The number of esters is 1. The number of aryl methyl sites for hydroxylation is 1. The van der Waals surface area contributed by atoms with Crippen LogP contribution in [0.4, 0.5) is 5.69 Å². The van der Waals surface area contributed by atoms with Gasteiger partial charge in [-0.3, -0.25) is 19.3 Å². The molecule has 0 spiro atoms. The highest BCUT2D eigenvalue weighted by molar-refractivity contribution is 9.10. The lowest BCUT2D eigenvalue weighted by Crippen LogP contribution is -2.31. The van der Waals surface area contributed by atoms with Crippen molar-refractivity contribution >= 4 is 45.3 Å². The maximum Gasteiger partial charge on any atom is 0.338 e. The minimum Gasteiger partial charge on any atom is -0.452 e. The number of halogens is 1. The normalized spacial score (nSPS) is 12.7. The van der Waals surface area contributed by atoms with Crippen molar-refractivity contribution in [2.45, 2.75) is 13.3 Å². The molecule has 0 fully saturated rings. The standard InChI is InChI=1S/C22H21BrN2O6/c1-13-4-7-18(17(23)10-13)24-19(26)12-31-22(29)14-5-6-15-16(11-14)21(28)25(20(15)27)8-3-9-30-2/h4-7,10-11H,3,8-9,12H2,1-2H3,(H,24,26). The van der Waals surface area contributed by atoms with E-state index in [1.54, 1.807) is 13.2 Å². The SMILES string of the molecule is COCCCN1C(=O)c2ccc(C(=O)OCC(=O)Nc3ccc(C)cc3Br)cc2C1=O. The van der Waals surface area contributed by atoms with Crippen molar-refractivity contribution in [1.82, 2.24) is 4.90 Å². The van der Waals surface area contributed by atoms with E-state index in [1.807, 2.05) is 19.1 Å². The topological polar surface area (TPSA) is 102 Å². The van der Waals surface area contributed by atoms with Gasteiger partial charge in [0.1, 0.15) is 0 Å². The Morgan fingerprint density at radius 1 is 1.06 bits per heavy atom. The molecule has 1 heterocycles. The zero-order chi connectivity index (χ0) is 22.5. The third-order valence-electron chi connectivity index (χ3n) is 4.67. The predicted octanol–water partition coefficient (Wildman–Crippen LogP) is 3.19. The number of rotatable bonds is 8. The fourth-order valence-corrected chi connectivity index (χ4v) is 3.70. The van der Waals surface area contributed by atoms with E-state index in [4.69, 9.17) is 9.47 Å². The van der Waals surface area contributed by atoms with Gasteiger partial charge in [0, 0.05) is 24.7 Å². The van der Waals surface area contributed by atoms with Crippen LogP contribution in [-0.2, 0) is 14.3 Å². The Labute approximate surface area is 187 Å². The third-order valence-corrected chi connectivity index (χ3v) is 5.33. The van der Waals surface area contributed by atoms with Crippen LogP contribution in [0.3, 0.4) is 0 Å². The quantitative estimate of drug-likeness (QED) is 0.347. The summed E-state index contributed by atoms with van der Waals surface area (Å²) in [5.74, 6) is -2.14. The molecular weight excluding hydrogens is 468 g/mol. The van der Waals surface area contributed by atoms with Gasteiger partial charge in [0.15, 0.2) is 6.61 Å². The maximum absolute atomic E-state index is 12.5. The maximum atomic E-state index is 12.5. The molecular formula is C22H21BrN2O6. The molecule has 1 aliphatic rings. The highest BCUT2D eigenvalue weighted by atomic mass is 79.9. The first-order valence-electron chi connectivity index (χ1n) is 9.54. The Balaban J connectivity index is 1.61. The van der Waals surface area contributed by atoms with Gasteiger partial charge in [0.05, 0.1) is 22.4 Å². The van der Waals surface area contributed by atoms with Crippen LogP contribution in [0.15, 0.2) is 40.9 Å². The molecule has 0 saturated heterocycles. The average Bonchev–Trinajstić information content (AvgIpc) is 2.98. The number of hydrogen-bond acceptors (Lipinski definition) is 6. The van der Waals surface area contributed by atoms with Gasteiger partial charge in [0.25, 0.3) is 17.7 Å². The Morgan fingerprint density at radius 3 is 2.52 bits per heavy atom. The van der Waals surface area contributed by atoms with Gasteiger partial charge in [-0.2, -0.15) is 0 Å². The molecule has 3 amide bonds. The number of anilines is 1. The number of ether oxygens (including phenoxy) is 2. The van der Waals surface area contributed by atoms with E-state index in [0.717, 1.165) is 10.5 Å². The Kier molecular flexibility index (Phi) is 7.19. The largest absolute Gasteiger partial charge is 0.452 e. The summed E-state index contributed by atoms with van der Waals surface area (Å²) in [6, 6.07) is 9.57. The van der Waals surface area contributed by atoms with E-state index in [1.165, 1.54) is 18.2 Å². The molecule has 3 rings (SSSR count). The molecule has 162 valence electrons. The van der Waals surface area contributed by atoms with Crippen LogP contribution >= 0.6 is 15.9 Å². The highest BCUT2D eigenvalue weighted by Gasteiger charge is 2.35. The molecule has 31 heavy (non-hydrogen) atoms.